The first-order valence-corrected chi connectivity index (χ1v) is 13.2. The monoisotopic (exact) mass is 597 g/mol. The van der Waals surface area contributed by atoms with Gasteiger partial charge in [-0.05, 0) is 72.4 Å². The summed E-state index contributed by atoms with van der Waals surface area (Å²) in [6.07, 6.45) is 5.00. The molecule has 3 heterocycles. The Morgan fingerprint density at radius 2 is 1.97 bits per heavy atom. The van der Waals surface area contributed by atoms with Crippen LogP contribution < -0.4 is 10.1 Å². The Bertz CT molecular complexity index is 1530. The van der Waals surface area contributed by atoms with Crippen molar-refractivity contribution in [1.29, 1.82) is 0 Å². The zero-order valence-electron chi connectivity index (χ0n) is 19.9. The molecule has 1 fully saturated rings. The summed E-state index contributed by atoms with van der Waals surface area (Å²) in [4.78, 5) is 39.6. The van der Waals surface area contributed by atoms with E-state index in [1.54, 1.807) is 35.2 Å². The summed E-state index contributed by atoms with van der Waals surface area (Å²) in [6.45, 7) is 0.481. The minimum atomic E-state index is -0.421. The van der Waals surface area contributed by atoms with E-state index in [4.69, 9.17) is 9.15 Å². The standard InChI is InChI=1S/C27H21BrFN3O5S/c28-18-3-8-23-22(13-18)17(15-31(23)16-25(33)30-14-21-2-1-10-36-21)12-24-26(34)32(27(35)38-24)9-11-37-20-6-4-19(29)5-7-20/h1-8,10,12-13,15H,9,11,14,16H2,(H,30,33)/b24-12-. The van der Waals surface area contributed by atoms with Gasteiger partial charge in [-0.15, -0.1) is 0 Å². The molecule has 1 saturated heterocycles. The van der Waals surface area contributed by atoms with Crippen LogP contribution in [0.5, 0.6) is 5.75 Å². The third-order valence-electron chi connectivity index (χ3n) is 5.79. The van der Waals surface area contributed by atoms with E-state index in [0.717, 1.165) is 32.0 Å². The number of rotatable bonds is 9. The summed E-state index contributed by atoms with van der Waals surface area (Å²) in [5.41, 5.74) is 1.51. The van der Waals surface area contributed by atoms with Gasteiger partial charge in [0, 0.05) is 27.1 Å². The quantitative estimate of drug-likeness (QED) is 0.254. The van der Waals surface area contributed by atoms with Gasteiger partial charge in [0.25, 0.3) is 11.1 Å². The first-order valence-electron chi connectivity index (χ1n) is 11.6. The molecule has 194 valence electrons. The largest absolute Gasteiger partial charge is 0.492 e. The van der Waals surface area contributed by atoms with E-state index in [1.807, 2.05) is 18.2 Å². The van der Waals surface area contributed by atoms with Gasteiger partial charge in [-0.2, -0.15) is 0 Å². The van der Waals surface area contributed by atoms with Gasteiger partial charge in [0.1, 0.15) is 30.5 Å². The maximum atomic E-state index is 13.1. The Morgan fingerprint density at radius 3 is 2.74 bits per heavy atom. The minimum Gasteiger partial charge on any atom is -0.492 e. The van der Waals surface area contributed by atoms with E-state index in [2.05, 4.69) is 21.2 Å². The second kappa shape index (κ2) is 11.3. The number of carbonyl (C=O) groups is 3. The van der Waals surface area contributed by atoms with E-state index in [0.29, 0.717) is 17.1 Å². The fraction of sp³-hybridized carbons (Fsp3) is 0.148. The van der Waals surface area contributed by atoms with E-state index in [1.165, 1.54) is 24.3 Å². The van der Waals surface area contributed by atoms with Crippen LogP contribution in [0.1, 0.15) is 11.3 Å². The second-order valence-corrected chi connectivity index (χ2v) is 10.3. The third kappa shape index (κ3) is 5.84. The number of hydrogen-bond acceptors (Lipinski definition) is 6. The topological polar surface area (TPSA) is 93.8 Å². The fourth-order valence-corrected chi connectivity index (χ4v) is 5.19. The molecule has 0 atom stereocenters. The zero-order chi connectivity index (χ0) is 26.6. The van der Waals surface area contributed by atoms with Crippen molar-refractivity contribution in [1.82, 2.24) is 14.8 Å². The number of thioether (sulfide) groups is 1. The lowest BCUT2D eigenvalue weighted by Gasteiger charge is -2.13. The smallest absolute Gasteiger partial charge is 0.293 e. The van der Waals surface area contributed by atoms with Crippen LogP contribution in [0.3, 0.4) is 0 Å². The summed E-state index contributed by atoms with van der Waals surface area (Å²) in [5, 5.41) is 3.25. The number of furan rings is 1. The summed E-state index contributed by atoms with van der Waals surface area (Å²) in [7, 11) is 0. The first kappa shape index (κ1) is 25.8. The number of hydrogen-bond donors (Lipinski definition) is 1. The van der Waals surface area contributed by atoms with Gasteiger partial charge in [0.2, 0.25) is 5.91 Å². The van der Waals surface area contributed by atoms with Gasteiger partial charge in [-0.1, -0.05) is 15.9 Å². The highest BCUT2D eigenvalue weighted by atomic mass is 79.9. The maximum Gasteiger partial charge on any atom is 0.293 e. The molecule has 1 aliphatic heterocycles. The number of halogens is 2. The Balaban J connectivity index is 1.30. The van der Waals surface area contributed by atoms with E-state index in [9.17, 15) is 18.8 Å². The number of imide groups is 1. The van der Waals surface area contributed by atoms with E-state index < -0.39 is 11.1 Å². The molecule has 2 aromatic heterocycles. The Morgan fingerprint density at radius 1 is 1.16 bits per heavy atom. The highest BCUT2D eigenvalue weighted by molar-refractivity contribution is 9.10. The molecule has 0 aliphatic carbocycles. The molecule has 1 N–H and O–H groups in total. The normalized spacial score (nSPS) is 14.6. The van der Waals surface area contributed by atoms with Gasteiger partial charge < -0.3 is 19.0 Å². The SMILES string of the molecule is O=C(Cn1cc(/C=C2\SC(=O)N(CCOc3ccc(F)cc3)C2=O)c2cc(Br)ccc21)NCc1ccco1. The van der Waals surface area contributed by atoms with Crippen molar-refractivity contribution in [3.8, 4) is 5.75 Å². The van der Waals surface area contributed by atoms with Crippen molar-refractivity contribution in [2.24, 2.45) is 0 Å². The molecule has 8 nitrogen and oxygen atoms in total. The van der Waals surface area contributed by atoms with Gasteiger partial charge in [0.05, 0.1) is 24.3 Å². The molecule has 0 saturated carbocycles. The summed E-state index contributed by atoms with van der Waals surface area (Å²) >= 11 is 4.33. The number of benzene rings is 2. The molecule has 0 spiro atoms. The Labute approximate surface area is 229 Å². The molecule has 11 heteroatoms. The lowest BCUT2D eigenvalue weighted by molar-refractivity contribution is -0.123. The fourth-order valence-electron chi connectivity index (χ4n) is 3.97. The van der Waals surface area contributed by atoms with E-state index >= 15 is 0 Å². The first-order chi connectivity index (χ1) is 18.4. The van der Waals surface area contributed by atoms with Crippen molar-refractivity contribution in [3.63, 3.8) is 0 Å². The number of aromatic nitrogens is 1. The molecular weight excluding hydrogens is 577 g/mol. The predicted octanol–water partition coefficient (Wildman–Crippen LogP) is 5.57. The highest BCUT2D eigenvalue weighted by Gasteiger charge is 2.35. The lowest BCUT2D eigenvalue weighted by Crippen LogP contribution is -2.32. The van der Waals surface area contributed by atoms with Gasteiger partial charge in [-0.25, -0.2) is 4.39 Å². The van der Waals surface area contributed by atoms with Crippen LogP contribution >= 0.6 is 27.7 Å². The predicted molar refractivity (Wildman–Crippen MR) is 145 cm³/mol. The molecule has 5 rings (SSSR count). The average Bonchev–Trinajstić information content (AvgIpc) is 3.60. The molecular formula is C27H21BrFN3O5S. The van der Waals surface area contributed by atoms with Gasteiger partial charge >= 0.3 is 0 Å². The molecule has 4 aromatic rings. The lowest BCUT2D eigenvalue weighted by atomic mass is 10.1. The summed E-state index contributed by atoms with van der Waals surface area (Å²) in [6, 6.07) is 14.7. The van der Waals surface area contributed by atoms with Crippen LogP contribution in [0.25, 0.3) is 17.0 Å². The van der Waals surface area contributed by atoms with Crippen molar-refractivity contribution in [3.05, 3.63) is 93.6 Å². The molecule has 1 aliphatic rings. The van der Waals surface area contributed by atoms with Crippen LogP contribution in [0.15, 0.2) is 80.9 Å². The molecule has 2 aromatic carbocycles. The molecule has 3 amide bonds. The highest BCUT2D eigenvalue weighted by Crippen LogP contribution is 2.34. The van der Waals surface area contributed by atoms with Crippen LogP contribution in [-0.2, 0) is 22.7 Å². The number of carbonyl (C=O) groups excluding carboxylic acids is 3. The van der Waals surface area contributed by atoms with Crippen LogP contribution in [0.4, 0.5) is 9.18 Å². The van der Waals surface area contributed by atoms with Crippen molar-refractivity contribution < 1.29 is 27.9 Å². The molecule has 0 unspecified atom stereocenters. The summed E-state index contributed by atoms with van der Waals surface area (Å²) in [5.74, 6) is 0.0972. The average molecular weight is 598 g/mol. The van der Waals surface area contributed by atoms with Crippen molar-refractivity contribution in [2.45, 2.75) is 13.1 Å². The Kier molecular flexibility index (Phi) is 7.66. The number of nitrogens with one attached hydrogen (secondary N) is 1. The van der Waals surface area contributed by atoms with E-state index in [-0.39, 0.29) is 42.9 Å². The van der Waals surface area contributed by atoms with Crippen LogP contribution in [0.2, 0.25) is 0 Å². The number of ether oxygens (including phenoxy) is 1. The van der Waals surface area contributed by atoms with Crippen LogP contribution in [-0.4, -0.2) is 39.7 Å². The molecule has 0 radical (unpaired) electrons. The minimum absolute atomic E-state index is 0.0581. The van der Waals surface area contributed by atoms with Crippen LogP contribution in [0, 0.1) is 5.82 Å². The molecule has 0 bridgehead atoms. The van der Waals surface area contributed by atoms with Gasteiger partial charge in [0.15, 0.2) is 0 Å². The zero-order valence-corrected chi connectivity index (χ0v) is 22.3. The third-order valence-corrected chi connectivity index (χ3v) is 7.19. The second-order valence-electron chi connectivity index (χ2n) is 8.37. The number of amides is 3. The summed E-state index contributed by atoms with van der Waals surface area (Å²) < 4.78 is 26.5. The van der Waals surface area contributed by atoms with Crippen molar-refractivity contribution >= 4 is 61.7 Å². The van der Waals surface area contributed by atoms with Gasteiger partial charge in [-0.3, -0.25) is 19.3 Å². The van der Waals surface area contributed by atoms with Crippen molar-refractivity contribution in [2.75, 3.05) is 13.2 Å². The Hall–Kier alpha value is -3.83. The number of nitrogens with zero attached hydrogens (tertiary/aromatic N) is 2. The maximum absolute atomic E-state index is 13.1. The number of fused-ring (bicyclic) bond motifs is 1. The molecule has 38 heavy (non-hydrogen) atoms.